The Kier molecular flexibility index (Phi) is 4.88. The minimum atomic E-state index is -0.563. The predicted octanol–water partition coefficient (Wildman–Crippen LogP) is 1.51. The third-order valence-electron chi connectivity index (χ3n) is 4.73. The van der Waals surface area contributed by atoms with Gasteiger partial charge in [-0.15, -0.1) is 0 Å². The van der Waals surface area contributed by atoms with Gasteiger partial charge in [0.25, 0.3) is 5.91 Å². The van der Waals surface area contributed by atoms with Crippen LogP contribution in [0.5, 0.6) is 5.75 Å². The van der Waals surface area contributed by atoms with Gasteiger partial charge in [0.15, 0.2) is 5.82 Å². The lowest BCUT2D eigenvalue weighted by Crippen LogP contribution is -2.38. The molecule has 0 unspecified atom stereocenters. The molecule has 0 aromatic carbocycles. The van der Waals surface area contributed by atoms with E-state index in [0.29, 0.717) is 5.75 Å². The first-order valence-corrected chi connectivity index (χ1v) is 9.10. The summed E-state index contributed by atoms with van der Waals surface area (Å²) in [6.45, 7) is 3.54. The number of hydrogen-bond donors (Lipinski definition) is 1. The number of aryl methyl sites for hydroxylation is 1. The maximum Gasteiger partial charge on any atom is 0.267 e. The number of piperidine rings is 1. The SMILES string of the molecule is Cc1nccn1-c1cncc(N2CCC(Oc3ccnc(C(N)=O)c3)CC2)n1. The second-order valence-corrected chi connectivity index (χ2v) is 6.63. The van der Waals surface area contributed by atoms with Crippen LogP contribution in [0.25, 0.3) is 5.82 Å². The van der Waals surface area contributed by atoms with Gasteiger partial charge in [-0.3, -0.25) is 19.3 Å². The van der Waals surface area contributed by atoms with Crippen LogP contribution in [0.2, 0.25) is 0 Å². The van der Waals surface area contributed by atoms with Gasteiger partial charge in [-0.2, -0.15) is 0 Å². The fourth-order valence-electron chi connectivity index (χ4n) is 3.25. The number of nitrogens with zero attached hydrogens (tertiary/aromatic N) is 6. The number of anilines is 1. The number of rotatable bonds is 5. The Labute approximate surface area is 162 Å². The average Bonchev–Trinajstić information content (AvgIpc) is 3.15. The lowest BCUT2D eigenvalue weighted by molar-refractivity contribution is 0.0994. The highest BCUT2D eigenvalue weighted by Crippen LogP contribution is 2.22. The van der Waals surface area contributed by atoms with Gasteiger partial charge in [0.2, 0.25) is 0 Å². The molecule has 144 valence electrons. The van der Waals surface area contributed by atoms with Crippen LogP contribution in [0.15, 0.2) is 43.1 Å². The van der Waals surface area contributed by atoms with Crippen molar-refractivity contribution in [2.45, 2.75) is 25.9 Å². The number of aromatic nitrogens is 5. The van der Waals surface area contributed by atoms with Crippen molar-refractivity contribution in [3.05, 3.63) is 54.6 Å². The Hall–Kier alpha value is -3.49. The van der Waals surface area contributed by atoms with Gasteiger partial charge in [0.05, 0.1) is 12.4 Å². The number of ether oxygens (including phenoxy) is 1. The third kappa shape index (κ3) is 3.78. The van der Waals surface area contributed by atoms with Gasteiger partial charge in [0, 0.05) is 50.6 Å². The van der Waals surface area contributed by atoms with Gasteiger partial charge < -0.3 is 15.4 Å². The third-order valence-corrected chi connectivity index (χ3v) is 4.73. The molecule has 0 bridgehead atoms. The molecular formula is C19H21N7O2. The summed E-state index contributed by atoms with van der Waals surface area (Å²) in [6.07, 6.45) is 10.4. The molecule has 9 heteroatoms. The zero-order chi connectivity index (χ0) is 19.5. The van der Waals surface area contributed by atoms with E-state index in [9.17, 15) is 4.79 Å². The minimum Gasteiger partial charge on any atom is -0.490 e. The first-order chi connectivity index (χ1) is 13.6. The molecule has 0 aliphatic carbocycles. The normalized spacial score (nSPS) is 14.8. The van der Waals surface area contributed by atoms with E-state index in [-0.39, 0.29) is 11.8 Å². The maximum atomic E-state index is 11.3. The summed E-state index contributed by atoms with van der Waals surface area (Å²) in [4.78, 5) is 30.7. The van der Waals surface area contributed by atoms with Crippen molar-refractivity contribution >= 4 is 11.7 Å². The minimum absolute atomic E-state index is 0.0615. The molecule has 0 spiro atoms. The number of amides is 1. The Morgan fingerprint density at radius 2 is 1.96 bits per heavy atom. The van der Waals surface area contributed by atoms with Gasteiger partial charge in [0.1, 0.15) is 29.2 Å². The molecule has 1 fully saturated rings. The highest BCUT2D eigenvalue weighted by atomic mass is 16.5. The molecule has 4 heterocycles. The van der Waals surface area contributed by atoms with Crippen molar-refractivity contribution < 1.29 is 9.53 Å². The van der Waals surface area contributed by atoms with Gasteiger partial charge in [-0.25, -0.2) is 9.97 Å². The Morgan fingerprint density at radius 1 is 1.18 bits per heavy atom. The van der Waals surface area contributed by atoms with Crippen LogP contribution in [-0.2, 0) is 0 Å². The second kappa shape index (κ2) is 7.63. The van der Waals surface area contributed by atoms with Crippen molar-refractivity contribution in [2.75, 3.05) is 18.0 Å². The van der Waals surface area contributed by atoms with Gasteiger partial charge >= 0.3 is 0 Å². The molecular weight excluding hydrogens is 358 g/mol. The number of hydrogen-bond acceptors (Lipinski definition) is 7. The Balaban J connectivity index is 1.40. The summed E-state index contributed by atoms with van der Waals surface area (Å²) in [6, 6.07) is 3.32. The molecule has 2 N–H and O–H groups in total. The Bertz CT molecular complexity index is 980. The topological polar surface area (TPSA) is 112 Å². The van der Waals surface area contributed by atoms with E-state index in [1.54, 1.807) is 30.7 Å². The fourth-order valence-corrected chi connectivity index (χ4v) is 3.25. The number of nitrogens with two attached hydrogens (primary N) is 1. The van der Waals surface area contributed by atoms with Crippen LogP contribution in [0.3, 0.4) is 0 Å². The summed E-state index contributed by atoms with van der Waals surface area (Å²) in [7, 11) is 0. The summed E-state index contributed by atoms with van der Waals surface area (Å²) >= 11 is 0. The lowest BCUT2D eigenvalue weighted by atomic mass is 10.1. The van der Waals surface area contributed by atoms with E-state index >= 15 is 0 Å². The van der Waals surface area contributed by atoms with E-state index in [4.69, 9.17) is 15.5 Å². The molecule has 28 heavy (non-hydrogen) atoms. The predicted molar refractivity (Wildman–Crippen MR) is 103 cm³/mol. The maximum absolute atomic E-state index is 11.3. The van der Waals surface area contributed by atoms with Crippen LogP contribution in [0.1, 0.15) is 29.2 Å². The molecule has 9 nitrogen and oxygen atoms in total. The molecule has 1 amide bonds. The molecule has 0 atom stereocenters. The van der Waals surface area contributed by atoms with E-state index in [2.05, 4.69) is 19.9 Å². The summed E-state index contributed by atoms with van der Waals surface area (Å²) < 4.78 is 7.91. The molecule has 1 aliphatic rings. The van der Waals surface area contributed by atoms with Gasteiger partial charge in [-0.05, 0) is 13.0 Å². The van der Waals surface area contributed by atoms with Gasteiger partial charge in [-0.1, -0.05) is 0 Å². The summed E-state index contributed by atoms with van der Waals surface area (Å²) in [5.74, 6) is 2.50. The van der Waals surface area contributed by atoms with Crippen LogP contribution in [0, 0.1) is 6.92 Å². The second-order valence-electron chi connectivity index (χ2n) is 6.63. The van der Waals surface area contributed by atoms with E-state index in [1.807, 2.05) is 17.7 Å². The zero-order valence-electron chi connectivity index (χ0n) is 15.5. The monoisotopic (exact) mass is 379 g/mol. The highest BCUT2D eigenvalue weighted by Gasteiger charge is 2.22. The van der Waals surface area contributed by atoms with Crippen LogP contribution < -0.4 is 15.4 Å². The van der Waals surface area contributed by atoms with E-state index in [1.165, 1.54) is 6.20 Å². The molecule has 3 aromatic rings. The smallest absolute Gasteiger partial charge is 0.267 e. The summed E-state index contributed by atoms with van der Waals surface area (Å²) in [5.41, 5.74) is 5.48. The van der Waals surface area contributed by atoms with Crippen LogP contribution >= 0.6 is 0 Å². The van der Waals surface area contributed by atoms with Crippen molar-refractivity contribution in [3.8, 4) is 11.6 Å². The van der Waals surface area contributed by atoms with Crippen LogP contribution in [-0.4, -0.2) is 49.6 Å². The number of imidazole rings is 1. The molecule has 1 aliphatic heterocycles. The molecule has 0 radical (unpaired) electrons. The molecule has 1 saturated heterocycles. The van der Waals surface area contributed by atoms with Crippen molar-refractivity contribution in [1.82, 2.24) is 24.5 Å². The quantitative estimate of drug-likeness (QED) is 0.715. The largest absolute Gasteiger partial charge is 0.490 e. The number of carbonyl (C=O) groups is 1. The first-order valence-electron chi connectivity index (χ1n) is 9.10. The number of primary amides is 1. The number of carbonyl (C=O) groups excluding carboxylic acids is 1. The fraction of sp³-hybridized carbons (Fsp3) is 0.316. The van der Waals surface area contributed by atoms with Crippen molar-refractivity contribution in [2.24, 2.45) is 5.73 Å². The van der Waals surface area contributed by atoms with E-state index < -0.39 is 5.91 Å². The van der Waals surface area contributed by atoms with Crippen molar-refractivity contribution in [3.63, 3.8) is 0 Å². The zero-order valence-corrected chi connectivity index (χ0v) is 15.5. The molecule has 0 saturated carbocycles. The standard InChI is InChI=1S/C19H21N7O2/c1-13-22-6-9-26(13)18-12-21-11-17(24-18)25-7-3-14(4-8-25)28-15-2-5-23-16(10-15)19(20)27/h2,5-6,9-12,14H,3-4,7-8H2,1H3,(H2,20,27). The average molecular weight is 379 g/mol. The number of pyridine rings is 1. The van der Waals surface area contributed by atoms with Crippen molar-refractivity contribution in [1.29, 1.82) is 0 Å². The van der Waals surface area contributed by atoms with E-state index in [0.717, 1.165) is 43.4 Å². The first kappa shape index (κ1) is 17.9. The molecule has 4 rings (SSSR count). The van der Waals surface area contributed by atoms with Crippen LogP contribution in [0.4, 0.5) is 5.82 Å². The molecule has 3 aromatic heterocycles. The Morgan fingerprint density at radius 3 is 2.68 bits per heavy atom. The highest BCUT2D eigenvalue weighted by molar-refractivity contribution is 5.91. The lowest BCUT2D eigenvalue weighted by Gasteiger charge is -2.32. The summed E-state index contributed by atoms with van der Waals surface area (Å²) in [5, 5.41) is 0.